The number of amides is 1. The van der Waals surface area contributed by atoms with E-state index in [-0.39, 0.29) is 12.5 Å². The van der Waals surface area contributed by atoms with E-state index in [1.165, 1.54) is 11.3 Å². The van der Waals surface area contributed by atoms with Gasteiger partial charge >= 0.3 is 0 Å². The largest absolute Gasteiger partial charge is 0.483 e. The fourth-order valence-corrected chi connectivity index (χ4v) is 5.38. The van der Waals surface area contributed by atoms with Gasteiger partial charge in [0.2, 0.25) is 0 Å². The van der Waals surface area contributed by atoms with Crippen LogP contribution in [0.5, 0.6) is 5.75 Å². The van der Waals surface area contributed by atoms with Gasteiger partial charge in [0.05, 0.1) is 11.0 Å². The second-order valence-corrected chi connectivity index (χ2v) is 11.2. The maximum absolute atomic E-state index is 12.7. The second-order valence-electron chi connectivity index (χ2n) is 11.2. The highest BCUT2D eigenvalue weighted by Gasteiger charge is 2.18. The fraction of sp³-hybridized carbons (Fsp3) is 0.394. The Morgan fingerprint density at radius 2 is 1.68 bits per heavy atom. The maximum Gasteiger partial charge on any atom is 0.262 e. The van der Waals surface area contributed by atoms with E-state index in [4.69, 9.17) is 9.72 Å². The highest BCUT2D eigenvalue weighted by atomic mass is 16.5. The van der Waals surface area contributed by atoms with E-state index in [1.807, 2.05) is 31.2 Å². The van der Waals surface area contributed by atoms with Crippen LogP contribution in [0.4, 0.5) is 11.4 Å². The van der Waals surface area contributed by atoms with E-state index in [0.717, 1.165) is 78.6 Å². The normalized spacial score (nSPS) is 14.2. The summed E-state index contributed by atoms with van der Waals surface area (Å²) < 4.78 is 8.07. The lowest BCUT2D eigenvalue weighted by Gasteiger charge is -2.36. The molecule has 0 radical (unpaired) electrons. The molecule has 2 heterocycles. The quantitative estimate of drug-likeness (QED) is 0.296. The third kappa shape index (κ3) is 6.48. The predicted octanol–water partition coefficient (Wildman–Crippen LogP) is 5.70. The number of aromatic nitrogens is 2. The van der Waals surface area contributed by atoms with Gasteiger partial charge in [-0.15, -0.1) is 0 Å². The van der Waals surface area contributed by atoms with Crippen molar-refractivity contribution in [2.45, 2.75) is 40.0 Å². The van der Waals surface area contributed by atoms with Gasteiger partial charge in [-0.3, -0.25) is 9.69 Å². The summed E-state index contributed by atoms with van der Waals surface area (Å²) in [6.45, 7) is 13.5. The molecule has 210 valence electrons. The van der Waals surface area contributed by atoms with Gasteiger partial charge in [-0.25, -0.2) is 4.98 Å². The Labute approximate surface area is 237 Å². The fourth-order valence-electron chi connectivity index (χ4n) is 5.38. The van der Waals surface area contributed by atoms with Crippen LogP contribution in [0.25, 0.3) is 11.0 Å². The van der Waals surface area contributed by atoms with Crippen LogP contribution >= 0.6 is 0 Å². The molecule has 0 saturated carbocycles. The number of rotatable bonds is 9. The van der Waals surface area contributed by atoms with E-state index >= 15 is 0 Å². The van der Waals surface area contributed by atoms with Gasteiger partial charge in [-0.2, -0.15) is 0 Å². The van der Waals surface area contributed by atoms with Crippen LogP contribution in [0, 0.1) is 13.8 Å². The molecule has 5 rings (SSSR count). The minimum atomic E-state index is -0.184. The Hall–Kier alpha value is -3.84. The SMILES string of the molecule is Cc1ccc(N2CCN(CCc3nc4cc(NC(=O)COc5cc(C)ccc5C(C)C)ccc4n3C)CC2)cc1. The molecule has 1 amide bonds. The Bertz CT molecular complexity index is 1470. The molecular formula is C33H41N5O2. The zero-order valence-electron chi connectivity index (χ0n) is 24.4. The Morgan fingerprint density at radius 1 is 0.950 bits per heavy atom. The number of hydrogen-bond acceptors (Lipinski definition) is 5. The zero-order valence-corrected chi connectivity index (χ0v) is 24.4. The first-order chi connectivity index (χ1) is 19.3. The third-order valence-electron chi connectivity index (χ3n) is 7.83. The van der Waals surface area contributed by atoms with Crippen molar-refractivity contribution in [1.82, 2.24) is 14.5 Å². The van der Waals surface area contributed by atoms with E-state index < -0.39 is 0 Å². The molecule has 0 atom stereocenters. The third-order valence-corrected chi connectivity index (χ3v) is 7.83. The van der Waals surface area contributed by atoms with Crippen LogP contribution in [-0.4, -0.2) is 59.7 Å². The van der Waals surface area contributed by atoms with E-state index in [1.54, 1.807) is 0 Å². The number of nitrogens with one attached hydrogen (secondary N) is 1. The molecule has 0 aliphatic carbocycles. The average molecular weight is 540 g/mol. The second kappa shape index (κ2) is 12.1. The number of carbonyl (C=O) groups excluding carboxylic acids is 1. The Balaban J connectivity index is 1.15. The summed E-state index contributed by atoms with van der Waals surface area (Å²) in [5.41, 5.74) is 7.51. The molecule has 0 unspecified atom stereocenters. The molecule has 0 spiro atoms. The molecule has 7 nitrogen and oxygen atoms in total. The van der Waals surface area contributed by atoms with Crippen molar-refractivity contribution in [1.29, 1.82) is 0 Å². The monoisotopic (exact) mass is 539 g/mol. The summed E-state index contributed by atoms with van der Waals surface area (Å²) in [5, 5.41) is 2.97. The highest BCUT2D eigenvalue weighted by molar-refractivity contribution is 5.94. The lowest BCUT2D eigenvalue weighted by molar-refractivity contribution is -0.118. The van der Waals surface area contributed by atoms with Crippen LogP contribution in [0.3, 0.4) is 0 Å². The summed E-state index contributed by atoms with van der Waals surface area (Å²) in [5.74, 6) is 1.97. The number of anilines is 2. The summed E-state index contributed by atoms with van der Waals surface area (Å²) in [7, 11) is 2.07. The van der Waals surface area contributed by atoms with Gasteiger partial charge in [-0.1, -0.05) is 43.7 Å². The predicted molar refractivity (Wildman–Crippen MR) is 164 cm³/mol. The first-order valence-electron chi connectivity index (χ1n) is 14.3. The van der Waals surface area contributed by atoms with E-state index in [2.05, 4.69) is 83.9 Å². The Kier molecular flexibility index (Phi) is 8.40. The first kappa shape index (κ1) is 27.7. The average Bonchev–Trinajstić information content (AvgIpc) is 3.25. The lowest BCUT2D eigenvalue weighted by atomic mass is 10.0. The maximum atomic E-state index is 12.7. The van der Waals surface area contributed by atoms with Crippen molar-refractivity contribution in [3.63, 3.8) is 0 Å². The number of fused-ring (bicyclic) bond motifs is 1. The topological polar surface area (TPSA) is 62.6 Å². The molecule has 40 heavy (non-hydrogen) atoms. The van der Waals surface area contributed by atoms with Crippen LogP contribution in [0.1, 0.15) is 42.3 Å². The van der Waals surface area contributed by atoms with Crippen molar-refractivity contribution in [2.24, 2.45) is 7.05 Å². The number of imidazole rings is 1. The number of nitrogens with zero attached hydrogens (tertiary/aromatic N) is 4. The van der Waals surface area contributed by atoms with Gasteiger partial charge in [0.15, 0.2) is 6.61 Å². The minimum absolute atomic E-state index is 0.0359. The zero-order chi connectivity index (χ0) is 28.2. The molecular weight excluding hydrogens is 498 g/mol. The van der Waals surface area contributed by atoms with Crippen molar-refractivity contribution < 1.29 is 9.53 Å². The highest BCUT2D eigenvalue weighted by Crippen LogP contribution is 2.27. The summed E-state index contributed by atoms with van der Waals surface area (Å²) in [6.07, 6.45) is 0.889. The molecule has 1 saturated heterocycles. The molecule has 1 fully saturated rings. The van der Waals surface area contributed by atoms with Gasteiger partial charge in [0, 0.05) is 57.6 Å². The number of hydrogen-bond donors (Lipinski definition) is 1. The van der Waals surface area contributed by atoms with Crippen LogP contribution in [0.2, 0.25) is 0 Å². The summed E-state index contributed by atoms with van der Waals surface area (Å²) in [6, 6.07) is 20.9. The molecule has 1 aromatic heterocycles. The molecule has 0 bridgehead atoms. The van der Waals surface area contributed by atoms with E-state index in [0.29, 0.717) is 5.92 Å². The number of benzene rings is 3. The molecule has 4 aromatic rings. The van der Waals surface area contributed by atoms with Crippen molar-refractivity contribution in [3.05, 3.63) is 83.2 Å². The first-order valence-corrected chi connectivity index (χ1v) is 14.3. The number of piperazine rings is 1. The van der Waals surface area contributed by atoms with Gasteiger partial charge in [0.25, 0.3) is 5.91 Å². The molecule has 3 aromatic carbocycles. The van der Waals surface area contributed by atoms with Crippen LogP contribution in [0.15, 0.2) is 60.7 Å². The summed E-state index contributed by atoms with van der Waals surface area (Å²) >= 11 is 0. The van der Waals surface area contributed by atoms with E-state index in [9.17, 15) is 4.79 Å². The smallest absolute Gasteiger partial charge is 0.262 e. The van der Waals surface area contributed by atoms with Crippen LogP contribution < -0.4 is 15.0 Å². The van der Waals surface area contributed by atoms with Gasteiger partial charge in [0.1, 0.15) is 11.6 Å². The van der Waals surface area contributed by atoms with Gasteiger partial charge in [-0.05, 0) is 67.3 Å². The van der Waals surface area contributed by atoms with Crippen LogP contribution in [-0.2, 0) is 18.3 Å². The number of carbonyl (C=O) groups is 1. The van der Waals surface area contributed by atoms with Crippen molar-refractivity contribution in [3.8, 4) is 5.75 Å². The molecule has 1 aliphatic heterocycles. The lowest BCUT2D eigenvalue weighted by Crippen LogP contribution is -2.47. The number of ether oxygens (including phenoxy) is 1. The minimum Gasteiger partial charge on any atom is -0.483 e. The standard InChI is InChI=1S/C33H41N5O2/c1-23(2)28-12-8-25(4)20-31(28)40-22-33(39)34-26-9-13-30-29(21-26)35-32(36(30)5)14-15-37-16-18-38(19-17-37)27-10-6-24(3)7-11-27/h6-13,20-21,23H,14-19,22H2,1-5H3,(H,34,39). The summed E-state index contributed by atoms with van der Waals surface area (Å²) in [4.78, 5) is 22.6. The van der Waals surface area contributed by atoms with Crippen molar-refractivity contribution >= 4 is 28.3 Å². The van der Waals surface area contributed by atoms with Crippen molar-refractivity contribution in [2.75, 3.05) is 49.5 Å². The Morgan fingerprint density at radius 3 is 2.40 bits per heavy atom. The molecule has 1 aliphatic rings. The molecule has 1 N–H and O–H groups in total. The number of aryl methyl sites for hydroxylation is 3. The molecule has 7 heteroatoms. The van der Waals surface area contributed by atoms with Gasteiger partial charge < -0.3 is 19.5 Å².